The zero-order valence-electron chi connectivity index (χ0n) is 11.6. The fraction of sp³-hybridized carbons (Fsp3) is 0.412. The van der Waals surface area contributed by atoms with Crippen molar-refractivity contribution in [3.8, 4) is 11.3 Å². The highest BCUT2D eigenvalue weighted by Crippen LogP contribution is 2.46. The van der Waals surface area contributed by atoms with Crippen LogP contribution >= 0.6 is 0 Å². The molecule has 2 aliphatic rings. The summed E-state index contributed by atoms with van der Waals surface area (Å²) >= 11 is 0. The Hall–Kier alpha value is -1.70. The second kappa shape index (κ2) is 3.66. The minimum atomic E-state index is 0.284. The minimum absolute atomic E-state index is 0.284. The number of anilines is 1. The van der Waals surface area contributed by atoms with Gasteiger partial charge in [0.25, 0.3) is 0 Å². The molecule has 0 bridgehead atoms. The first-order chi connectivity index (χ1) is 9.15. The van der Waals surface area contributed by atoms with Gasteiger partial charge < -0.3 is 9.88 Å². The molecule has 98 valence electrons. The molecule has 1 saturated carbocycles. The summed E-state index contributed by atoms with van der Waals surface area (Å²) in [6.07, 6.45) is 4.72. The summed E-state index contributed by atoms with van der Waals surface area (Å²) in [5, 5.41) is 0. The van der Waals surface area contributed by atoms with Crippen LogP contribution < -0.4 is 4.90 Å². The third-order valence-electron chi connectivity index (χ3n) is 4.50. The van der Waals surface area contributed by atoms with Crippen LogP contribution in [0.2, 0.25) is 0 Å². The second-order valence-corrected chi connectivity index (χ2v) is 6.56. The quantitative estimate of drug-likeness (QED) is 0.857. The molecule has 0 saturated heterocycles. The molecule has 19 heavy (non-hydrogen) atoms. The molecule has 2 heterocycles. The van der Waals surface area contributed by atoms with Crippen LogP contribution in [0.4, 0.5) is 5.69 Å². The van der Waals surface area contributed by atoms with Crippen molar-refractivity contribution in [3.63, 3.8) is 0 Å². The Balaban J connectivity index is 1.83. The molecular weight excluding hydrogens is 232 g/mol. The Bertz CT molecular complexity index is 606. The Kier molecular flexibility index (Phi) is 2.15. The minimum Gasteiger partial charge on any atom is -0.367 e. The third kappa shape index (κ3) is 1.70. The van der Waals surface area contributed by atoms with Gasteiger partial charge in [0.05, 0.1) is 0 Å². The van der Waals surface area contributed by atoms with Crippen LogP contribution in [-0.4, -0.2) is 17.6 Å². The molecule has 0 amide bonds. The number of fused-ring (bicyclic) bond motifs is 1. The van der Waals surface area contributed by atoms with Gasteiger partial charge in [-0.25, -0.2) is 0 Å². The average molecular weight is 252 g/mol. The molecule has 4 rings (SSSR count). The molecule has 0 unspecified atom stereocenters. The number of aromatic amines is 1. The summed E-state index contributed by atoms with van der Waals surface area (Å²) in [5.74, 6) is 0. The zero-order valence-corrected chi connectivity index (χ0v) is 11.6. The molecule has 0 radical (unpaired) electrons. The lowest BCUT2D eigenvalue weighted by Crippen LogP contribution is -2.30. The number of hydrogen-bond donors (Lipinski definition) is 1. The summed E-state index contributed by atoms with van der Waals surface area (Å²) in [7, 11) is 0. The van der Waals surface area contributed by atoms with Crippen LogP contribution in [0, 0.1) is 0 Å². The number of H-pyrrole nitrogens is 1. The summed E-state index contributed by atoms with van der Waals surface area (Å²) in [4.78, 5) is 5.93. The lowest BCUT2D eigenvalue weighted by molar-refractivity contribution is 0.549. The normalized spacial score (nSPS) is 20.6. The van der Waals surface area contributed by atoms with Gasteiger partial charge in [-0.1, -0.05) is 26.0 Å². The van der Waals surface area contributed by atoms with Gasteiger partial charge in [-0.2, -0.15) is 0 Å². The second-order valence-electron chi connectivity index (χ2n) is 6.56. The highest BCUT2D eigenvalue weighted by molar-refractivity contribution is 5.72. The summed E-state index contributed by atoms with van der Waals surface area (Å²) in [6.45, 7) is 5.90. The highest BCUT2D eigenvalue weighted by atomic mass is 15.2. The number of nitrogens with zero attached hydrogens (tertiary/aromatic N) is 1. The van der Waals surface area contributed by atoms with Gasteiger partial charge in [0.15, 0.2) is 0 Å². The van der Waals surface area contributed by atoms with E-state index in [-0.39, 0.29) is 5.41 Å². The Morgan fingerprint density at radius 2 is 2.05 bits per heavy atom. The van der Waals surface area contributed by atoms with Gasteiger partial charge in [-0.05, 0) is 42.2 Å². The van der Waals surface area contributed by atoms with Gasteiger partial charge in [0, 0.05) is 35.6 Å². The number of benzene rings is 1. The Morgan fingerprint density at radius 1 is 1.21 bits per heavy atom. The predicted octanol–water partition coefficient (Wildman–Crippen LogP) is 3.94. The lowest BCUT2D eigenvalue weighted by atomic mass is 9.86. The monoisotopic (exact) mass is 252 g/mol. The summed E-state index contributed by atoms with van der Waals surface area (Å²) in [5.41, 5.74) is 5.76. The maximum absolute atomic E-state index is 3.31. The van der Waals surface area contributed by atoms with E-state index in [1.807, 2.05) is 6.20 Å². The van der Waals surface area contributed by atoms with Crippen molar-refractivity contribution in [1.82, 2.24) is 4.98 Å². The summed E-state index contributed by atoms with van der Waals surface area (Å²) in [6, 6.07) is 11.9. The standard InChI is InChI=1S/C17H20N2/c1-17(2)11-19(13-6-7-13)16-10-12(5-8-14(16)17)15-4-3-9-18-15/h3-5,8-10,13,18H,6-7,11H2,1-2H3. The molecule has 2 nitrogen and oxygen atoms in total. The molecule has 1 N–H and O–H groups in total. The molecular formula is C17H20N2. The van der Waals surface area contributed by atoms with Crippen molar-refractivity contribution in [1.29, 1.82) is 0 Å². The lowest BCUT2D eigenvalue weighted by Gasteiger charge is -2.22. The van der Waals surface area contributed by atoms with Crippen molar-refractivity contribution >= 4 is 5.69 Å². The van der Waals surface area contributed by atoms with Gasteiger partial charge in [0.1, 0.15) is 0 Å². The van der Waals surface area contributed by atoms with Crippen molar-refractivity contribution < 1.29 is 0 Å². The predicted molar refractivity (Wildman–Crippen MR) is 79.6 cm³/mol. The number of aromatic nitrogens is 1. The third-order valence-corrected chi connectivity index (χ3v) is 4.50. The number of hydrogen-bond acceptors (Lipinski definition) is 1. The van der Waals surface area contributed by atoms with Gasteiger partial charge in [-0.3, -0.25) is 0 Å². The van der Waals surface area contributed by atoms with Crippen LogP contribution in [0.1, 0.15) is 32.3 Å². The summed E-state index contributed by atoms with van der Waals surface area (Å²) < 4.78 is 0. The molecule has 0 spiro atoms. The molecule has 1 fully saturated rings. The molecule has 2 heteroatoms. The van der Waals surface area contributed by atoms with E-state index in [0.29, 0.717) is 0 Å². The fourth-order valence-corrected chi connectivity index (χ4v) is 3.33. The van der Waals surface area contributed by atoms with Gasteiger partial charge in [0.2, 0.25) is 0 Å². The van der Waals surface area contributed by atoms with Gasteiger partial charge >= 0.3 is 0 Å². The van der Waals surface area contributed by atoms with Crippen molar-refractivity contribution in [2.24, 2.45) is 0 Å². The molecule has 1 aliphatic heterocycles. The van der Waals surface area contributed by atoms with E-state index in [9.17, 15) is 0 Å². The van der Waals surface area contributed by atoms with E-state index in [1.54, 1.807) is 0 Å². The Labute approximate surface area is 114 Å². The molecule has 1 aromatic heterocycles. The smallest absolute Gasteiger partial charge is 0.0454 e. The highest BCUT2D eigenvalue weighted by Gasteiger charge is 2.41. The van der Waals surface area contributed by atoms with E-state index in [0.717, 1.165) is 6.04 Å². The van der Waals surface area contributed by atoms with Crippen LogP contribution in [0.25, 0.3) is 11.3 Å². The van der Waals surface area contributed by atoms with Crippen LogP contribution in [0.15, 0.2) is 36.5 Å². The van der Waals surface area contributed by atoms with E-state index in [2.05, 4.69) is 54.1 Å². The SMILES string of the molecule is CC1(C)CN(C2CC2)c2cc(-c3ccc[nH]3)ccc21. The van der Waals surface area contributed by atoms with E-state index in [1.165, 1.54) is 41.9 Å². The van der Waals surface area contributed by atoms with Crippen LogP contribution in [0.5, 0.6) is 0 Å². The van der Waals surface area contributed by atoms with Crippen molar-refractivity contribution in [2.75, 3.05) is 11.4 Å². The maximum atomic E-state index is 3.31. The maximum Gasteiger partial charge on any atom is 0.0454 e. The first kappa shape index (κ1) is 11.2. The molecule has 1 aliphatic carbocycles. The van der Waals surface area contributed by atoms with E-state index < -0.39 is 0 Å². The number of nitrogens with one attached hydrogen (secondary N) is 1. The van der Waals surface area contributed by atoms with Crippen LogP contribution in [-0.2, 0) is 5.41 Å². The Morgan fingerprint density at radius 3 is 2.74 bits per heavy atom. The molecule has 2 aromatic rings. The van der Waals surface area contributed by atoms with Crippen molar-refractivity contribution in [3.05, 3.63) is 42.1 Å². The van der Waals surface area contributed by atoms with Crippen molar-refractivity contribution in [2.45, 2.75) is 38.1 Å². The topological polar surface area (TPSA) is 19.0 Å². The average Bonchev–Trinajstić information content (AvgIpc) is 3.01. The van der Waals surface area contributed by atoms with Crippen LogP contribution in [0.3, 0.4) is 0 Å². The zero-order chi connectivity index (χ0) is 13.0. The molecule has 0 atom stereocenters. The first-order valence-electron chi connectivity index (χ1n) is 7.20. The molecule has 1 aromatic carbocycles. The van der Waals surface area contributed by atoms with E-state index in [4.69, 9.17) is 0 Å². The van der Waals surface area contributed by atoms with Gasteiger partial charge in [-0.15, -0.1) is 0 Å². The number of rotatable bonds is 2. The first-order valence-corrected chi connectivity index (χ1v) is 7.20. The largest absolute Gasteiger partial charge is 0.367 e. The fourth-order valence-electron chi connectivity index (χ4n) is 3.33. The van der Waals surface area contributed by atoms with E-state index >= 15 is 0 Å².